The standard InChI is InChI=1S/C82H155NO5/c1-3-5-7-9-11-13-15-17-19-21-23-35-39-42-46-50-54-58-62-66-70-74-80(85)79(78-84)83-81(86)75-71-67-63-59-55-51-47-43-40-36-33-31-29-27-25-24-26-28-30-32-34-37-41-45-49-53-57-61-65-69-73-77-88-82(87)76-72-68-64-60-56-52-48-44-38-22-20-18-16-14-12-10-8-6-4-2/h12,14,18,20,26,28,70,74,79-80,84-85H,3-11,13,15-17,19,21-25,27,29-69,71-73,75-78H2,1-2H3,(H,83,86)/b14-12-,20-18-,28-26-,74-70+. The number of aliphatic hydroxyl groups is 2. The van der Waals surface area contributed by atoms with Crippen LogP contribution in [0.2, 0.25) is 0 Å². The van der Waals surface area contributed by atoms with E-state index in [0.29, 0.717) is 19.4 Å². The highest BCUT2D eigenvalue weighted by Gasteiger charge is 2.18. The molecule has 0 spiro atoms. The SMILES string of the molecule is CCCCC/C=C\C/C=C\CCCCCCCCCCCC(=O)OCCCCCCCCCCCCCC/C=C\CCCCCCCCCCCCCCCCCC(=O)NC(CO)C(O)/C=C/CCCCCCCCCCCCCCCCCCCCC. The van der Waals surface area contributed by atoms with Crippen LogP contribution >= 0.6 is 0 Å². The fourth-order valence-electron chi connectivity index (χ4n) is 12.5. The number of rotatable bonds is 75. The van der Waals surface area contributed by atoms with Crippen molar-refractivity contribution >= 4 is 11.9 Å². The molecule has 2 unspecified atom stereocenters. The second-order valence-electron chi connectivity index (χ2n) is 27.4. The molecule has 0 bridgehead atoms. The van der Waals surface area contributed by atoms with Crippen molar-refractivity contribution in [3.8, 4) is 0 Å². The number of esters is 1. The van der Waals surface area contributed by atoms with Gasteiger partial charge in [-0.1, -0.05) is 383 Å². The van der Waals surface area contributed by atoms with Crippen molar-refractivity contribution in [2.75, 3.05) is 13.2 Å². The lowest BCUT2D eigenvalue weighted by Gasteiger charge is -2.20. The van der Waals surface area contributed by atoms with Crippen molar-refractivity contribution < 1.29 is 24.5 Å². The van der Waals surface area contributed by atoms with Crippen LogP contribution in [0.25, 0.3) is 0 Å². The first-order valence-corrected chi connectivity index (χ1v) is 39.9. The van der Waals surface area contributed by atoms with Crippen molar-refractivity contribution in [3.05, 3.63) is 48.6 Å². The third-order valence-electron chi connectivity index (χ3n) is 18.6. The molecular weight excluding hydrogens is 1080 g/mol. The molecule has 1 amide bonds. The predicted octanol–water partition coefficient (Wildman–Crippen LogP) is 26.4. The summed E-state index contributed by atoms with van der Waals surface area (Å²) < 4.78 is 5.51. The molecule has 3 N–H and O–H groups in total. The zero-order valence-electron chi connectivity index (χ0n) is 59.5. The molecule has 0 saturated heterocycles. The van der Waals surface area contributed by atoms with Gasteiger partial charge in [0.1, 0.15) is 0 Å². The molecule has 88 heavy (non-hydrogen) atoms. The lowest BCUT2D eigenvalue weighted by atomic mass is 10.0. The van der Waals surface area contributed by atoms with Crippen LogP contribution in [0, 0.1) is 0 Å². The number of unbranched alkanes of at least 4 members (excludes halogenated alkanes) is 58. The number of hydrogen-bond donors (Lipinski definition) is 3. The fourth-order valence-corrected chi connectivity index (χ4v) is 12.5. The van der Waals surface area contributed by atoms with E-state index in [4.69, 9.17) is 4.74 Å². The van der Waals surface area contributed by atoms with Gasteiger partial charge in [0, 0.05) is 12.8 Å². The molecule has 6 heteroatoms. The van der Waals surface area contributed by atoms with Gasteiger partial charge in [0.05, 0.1) is 25.4 Å². The van der Waals surface area contributed by atoms with Crippen LogP contribution in [0.5, 0.6) is 0 Å². The Kier molecular flexibility index (Phi) is 75.4. The van der Waals surface area contributed by atoms with Crippen LogP contribution < -0.4 is 5.32 Å². The van der Waals surface area contributed by atoms with Gasteiger partial charge in [-0.05, 0) is 89.9 Å². The van der Waals surface area contributed by atoms with Crippen molar-refractivity contribution in [3.63, 3.8) is 0 Å². The average molecular weight is 1240 g/mol. The maximum atomic E-state index is 12.5. The van der Waals surface area contributed by atoms with E-state index in [1.54, 1.807) is 6.08 Å². The first-order chi connectivity index (χ1) is 43.5. The molecule has 518 valence electrons. The minimum absolute atomic E-state index is 0.0142. The van der Waals surface area contributed by atoms with Crippen LogP contribution in [0.1, 0.15) is 438 Å². The summed E-state index contributed by atoms with van der Waals surface area (Å²) in [5.41, 5.74) is 0. The summed E-state index contributed by atoms with van der Waals surface area (Å²) >= 11 is 0. The minimum Gasteiger partial charge on any atom is -0.466 e. The number of carbonyl (C=O) groups excluding carboxylic acids is 2. The number of hydrogen-bond acceptors (Lipinski definition) is 5. The molecule has 2 atom stereocenters. The van der Waals surface area contributed by atoms with Crippen molar-refractivity contribution in [1.82, 2.24) is 5.32 Å². The normalized spacial score (nSPS) is 12.7. The molecule has 0 rings (SSSR count). The van der Waals surface area contributed by atoms with Gasteiger partial charge in [0.15, 0.2) is 0 Å². The summed E-state index contributed by atoms with van der Waals surface area (Å²) in [4.78, 5) is 24.7. The maximum absolute atomic E-state index is 12.5. The molecule has 0 saturated carbocycles. The van der Waals surface area contributed by atoms with Crippen molar-refractivity contribution in [1.29, 1.82) is 0 Å². The third kappa shape index (κ3) is 72.9. The first-order valence-electron chi connectivity index (χ1n) is 39.9. The average Bonchev–Trinajstić information content (AvgIpc) is 3.57. The number of allylic oxidation sites excluding steroid dienone is 7. The molecule has 0 aromatic heterocycles. The Bertz CT molecular complexity index is 1470. The highest BCUT2D eigenvalue weighted by atomic mass is 16.5. The van der Waals surface area contributed by atoms with Crippen LogP contribution in [-0.4, -0.2) is 47.4 Å². The van der Waals surface area contributed by atoms with Gasteiger partial charge >= 0.3 is 5.97 Å². The smallest absolute Gasteiger partial charge is 0.305 e. The van der Waals surface area contributed by atoms with E-state index in [2.05, 4.69) is 55.6 Å². The monoisotopic (exact) mass is 1230 g/mol. The van der Waals surface area contributed by atoms with Crippen molar-refractivity contribution in [2.45, 2.75) is 450 Å². The molecule has 0 aromatic carbocycles. The Hall–Kier alpha value is -2.18. The van der Waals surface area contributed by atoms with E-state index in [-0.39, 0.29) is 18.5 Å². The molecule has 0 radical (unpaired) electrons. The summed E-state index contributed by atoms with van der Waals surface area (Å²) in [6.07, 6.45) is 102. The molecule has 0 aromatic rings. The van der Waals surface area contributed by atoms with E-state index in [1.807, 2.05) is 6.08 Å². The van der Waals surface area contributed by atoms with Gasteiger partial charge in [-0.15, -0.1) is 0 Å². The Labute approximate surface area is 550 Å². The maximum Gasteiger partial charge on any atom is 0.305 e. The Morgan fingerprint density at radius 3 is 0.898 bits per heavy atom. The molecule has 0 fully saturated rings. The summed E-state index contributed by atoms with van der Waals surface area (Å²) in [6.45, 7) is 4.92. The minimum atomic E-state index is -0.845. The zero-order valence-corrected chi connectivity index (χ0v) is 59.5. The third-order valence-corrected chi connectivity index (χ3v) is 18.6. The van der Waals surface area contributed by atoms with Crippen LogP contribution in [0.4, 0.5) is 0 Å². The van der Waals surface area contributed by atoms with Gasteiger partial charge in [-0.3, -0.25) is 9.59 Å². The van der Waals surface area contributed by atoms with Gasteiger partial charge in [-0.2, -0.15) is 0 Å². The van der Waals surface area contributed by atoms with E-state index in [0.717, 1.165) is 51.4 Å². The molecule has 6 nitrogen and oxygen atoms in total. The second kappa shape index (κ2) is 77.3. The summed E-state index contributed by atoms with van der Waals surface area (Å²) in [5, 5.41) is 23.3. The molecule has 0 aliphatic carbocycles. The quantitative estimate of drug-likeness (QED) is 0.0320. The van der Waals surface area contributed by atoms with Gasteiger partial charge in [-0.25, -0.2) is 0 Å². The van der Waals surface area contributed by atoms with Crippen LogP contribution in [0.3, 0.4) is 0 Å². The van der Waals surface area contributed by atoms with E-state index in [9.17, 15) is 19.8 Å². The second-order valence-corrected chi connectivity index (χ2v) is 27.4. The Balaban J connectivity index is 3.38. The number of nitrogens with one attached hydrogen (secondary N) is 1. The van der Waals surface area contributed by atoms with E-state index in [1.165, 1.54) is 360 Å². The first kappa shape index (κ1) is 85.8. The number of ether oxygens (including phenoxy) is 1. The van der Waals surface area contributed by atoms with E-state index < -0.39 is 12.1 Å². The Morgan fingerprint density at radius 1 is 0.318 bits per heavy atom. The van der Waals surface area contributed by atoms with E-state index >= 15 is 0 Å². The molecule has 0 aliphatic heterocycles. The van der Waals surface area contributed by atoms with Gasteiger partial charge in [0.2, 0.25) is 5.91 Å². The van der Waals surface area contributed by atoms with Gasteiger partial charge in [0.25, 0.3) is 0 Å². The number of amides is 1. The van der Waals surface area contributed by atoms with Gasteiger partial charge < -0.3 is 20.3 Å². The number of aliphatic hydroxyl groups excluding tert-OH is 2. The topological polar surface area (TPSA) is 95.9 Å². The Morgan fingerprint density at radius 2 is 0.568 bits per heavy atom. The van der Waals surface area contributed by atoms with Crippen LogP contribution in [0.15, 0.2) is 48.6 Å². The fraction of sp³-hybridized carbons (Fsp3) is 0.878. The van der Waals surface area contributed by atoms with Crippen molar-refractivity contribution in [2.24, 2.45) is 0 Å². The highest BCUT2D eigenvalue weighted by Crippen LogP contribution is 2.19. The molecule has 0 heterocycles. The lowest BCUT2D eigenvalue weighted by molar-refractivity contribution is -0.143. The predicted molar refractivity (Wildman–Crippen MR) is 389 cm³/mol. The number of carbonyl (C=O) groups is 2. The summed E-state index contributed by atoms with van der Waals surface area (Å²) in [7, 11) is 0. The highest BCUT2D eigenvalue weighted by molar-refractivity contribution is 5.76. The summed E-state index contributed by atoms with van der Waals surface area (Å²) in [5.74, 6) is -0.0476. The zero-order chi connectivity index (χ0) is 63.5. The van der Waals surface area contributed by atoms with Crippen LogP contribution in [-0.2, 0) is 14.3 Å². The molecular formula is C82H155NO5. The largest absolute Gasteiger partial charge is 0.466 e. The summed E-state index contributed by atoms with van der Waals surface area (Å²) in [6, 6.07) is -0.628. The molecule has 0 aliphatic rings. The lowest BCUT2D eigenvalue weighted by Crippen LogP contribution is -2.45.